The fraction of sp³-hybridized carbons (Fsp3) is 0.417. The van der Waals surface area contributed by atoms with Crippen molar-refractivity contribution in [2.45, 2.75) is 45.1 Å². The number of likely N-dealkylation sites (tertiary alicyclic amines) is 1. The summed E-state index contributed by atoms with van der Waals surface area (Å²) in [6.07, 6.45) is 3.13. The van der Waals surface area contributed by atoms with Gasteiger partial charge in [-0.1, -0.05) is 35.9 Å². The second-order valence-electron chi connectivity index (χ2n) is 7.60. The molecule has 2 aromatic carbocycles. The third-order valence-electron chi connectivity index (χ3n) is 5.36. The summed E-state index contributed by atoms with van der Waals surface area (Å²) in [5.41, 5.74) is 2.09. The number of amides is 2. The fourth-order valence-electron chi connectivity index (χ4n) is 3.64. The molecule has 30 heavy (non-hydrogen) atoms. The van der Waals surface area contributed by atoms with Crippen LogP contribution >= 0.6 is 11.6 Å². The highest BCUT2D eigenvalue weighted by atomic mass is 35.5. The molecule has 0 aromatic heterocycles. The molecule has 6 heteroatoms. The lowest BCUT2D eigenvalue weighted by molar-refractivity contribution is -0.131. The fourth-order valence-corrected chi connectivity index (χ4v) is 3.76. The Hall–Kier alpha value is -2.53. The van der Waals surface area contributed by atoms with E-state index >= 15 is 0 Å². The van der Waals surface area contributed by atoms with E-state index in [0.29, 0.717) is 44.0 Å². The van der Waals surface area contributed by atoms with Crippen LogP contribution in [0.25, 0.3) is 0 Å². The summed E-state index contributed by atoms with van der Waals surface area (Å²) >= 11 is 5.89. The van der Waals surface area contributed by atoms with Gasteiger partial charge in [0.25, 0.3) is 0 Å². The van der Waals surface area contributed by atoms with Gasteiger partial charge in [0.15, 0.2) is 0 Å². The molecule has 3 rings (SSSR count). The van der Waals surface area contributed by atoms with Crippen molar-refractivity contribution < 1.29 is 14.3 Å². The summed E-state index contributed by atoms with van der Waals surface area (Å²) in [5.74, 6) is 1.01. The molecular weight excluding hydrogens is 400 g/mol. The summed E-state index contributed by atoms with van der Waals surface area (Å²) in [7, 11) is 0. The maximum Gasteiger partial charge on any atom is 0.226 e. The van der Waals surface area contributed by atoms with Crippen molar-refractivity contribution in [3.05, 3.63) is 64.7 Å². The SMILES string of the molecule is CCOc1ccc(CC(=O)N2CCC(NC(=O)CCc3ccc(Cl)cc3)CC2)cc1. The van der Waals surface area contributed by atoms with Crippen LogP contribution < -0.4 is 10.1 Å². The number of hydrogen-bond acceptors (Lipinski definition) is 3. The van der Waals surface area contributed by atoms with E-state index in [4.69, 9.17) is 16.3 Å². The molecule has 0 atom stereocenters. The molecule has 160 valence electrons. The minimum absolute atomic E-state index is 0.0594. The summed E-state index contributed by atoms with van der Waals surface area (Å²) in [6, 6.07) is 15.4. The normalized spacial score (nSPS) is 14.4. The number of rotatable bonds is 8. The number of ether oxygens (including phenoxy) is 1. The molecular formula is C24H29ClN2O3. The van der Waals surface area contributed by atoms with Crippen molar-refractivity contribution in [2.24, 2.45) is 0 Å². The summed E-state index contributed by atoms with van der Waals surface area (Å²) in [6.45, 7) is 3.93. The molecule has 0 saturated carbocycles. The van der Waals surface area contributed by atoms with Gasteiger partial charge in [0, 0.05) is 30.6 Å². The Morgan fingerprint density at radius 1 is 1.03 bits per heavy atom. The largest absolute Gasteiger partial charge is 0.494 e. The lowest BCUT2D eigenvalue weighted by Crippen LogP contribution is -2.47. The van der Waals surface area contributed by atoms with Crippen LogP contribution in [0.2, 0.25) is 5.02 Å². The topological polar surface area (TPSA) is 58.6 Å². The molecule has 0 unspecified atom stereocenters. The first-order valence-electron chi connectivity index (χ1n) is 10.6. The molecule has 0 bridgehead atoms. The van der Waals surface area contributed by atoms with E-state index in [1.165, 1.54) is 0 Å². The first-order valence-corrected chi connectivity index (χ1v) is 10.9. The van der Waals surface area contributed by atoms with Crippen LogP contribution in [-0.2, 0) is 22.4 Å². The molecule has 2 amide bonds. The number of benzene rings is 2. The third kappa shape index (κ3) is 6.77. The Labute approximate surface area is 183 Å². The van der Waals surface area contributed by atoms with E-state index in [2.05, 4.69) is 5.32 Å². The first kappa shape index (κ1) is 22.2. The van der Waals surface area contributed by atoms with Crippen LogP contribution in [0.3, 0.4) is 0 Å². The highest BCUT2D eigenvalue weighted by Crippen LogP contribution is 2.16. The monoisotopic (exact) mass is 428 g/mol. The van der Waals surface area contributed by atoms with E-state index in [1.54, 1.807) is 0 Å². The van der Waals surface area contributed by atoms with Gasteiger partial charge in [0.1, 0.15) is 5.75 Å². The van der Waals surface area contributed by atoms with Gasteiger partial charge in [-0.2, -0.15) is 0 Å². The number of carbonyl (C=O) groups is 2. The Morgan fingerprint density at radius 2 is 1.67 bits per heavy atom. The average molecular weight is 429 g/mol. The Kier molecular flexibility index (Phi) is 8.14. The second-order valence-corrected chi connectivity index (χ2v) is 8.04. The minimum Gasteiger partial charge on any atom is -0.494 e. The van der Waals surface area contributed by atoms with Gasteiger partial charge in [-0.25, -0.2) is 0 Å². The molecule has 1 aliphatic rings. The van der Waals surface area contributed by atoms with Crippen molar-refractivity contribution in [3.8, 4) is 5.75 Å². The predicted octanol–water partition coefficient (Wildman–Crippen LogP) is 4.02. The molecule has 1 N–H and O–H groups in total. The van der Waals surface area contributed by atoms with Gasteiger partial charge in [0.05, 0.1) is 13.0 Å². The van der Waals surface area contributed by atoms with Crippen LogP contribution in [0, 0.1) is 0 Å². The Balaban J connectivity index is 1.37. The van der Waals surface area contributed by atoms with Crippen molar-refractivity contribution in [1.29, 1.82) is 0 Å². The standard InChI is InChI=1S/C24H29ClN2O3/c1-2-30-22-10-5-19(6-11-22)17-24(29)27-15-13-21(14-16-27)26-23(28)12-7-18-3-8-20(25)9-4-18/h3-6,8-11,21H,2,7,12-17H2,1H3,(H,26,28). The summed E-state index contributed by atoms with van der Waals surface area (Å²) in [4.78, 5) is 26.7. The maximum absolute atomic E-state index is 12.6. The van der Waals surface area contributed by atoms with Gasteiger partial charge < -0.3 is 15.0 Å². The number of aryl methyl sites for hydroxylation is 1. The first-order chi connectivity index (χ1) is 14.5. The summed E-state index contributed by atoms with van der Waals surface area (Å²) < 4.78 is 5.44. The van der Waals surface area contributed by atoms with Crippen LogP contribution in [0.1, 0.15) is 37.3 Å². The number of piperidine rings is 1. The van der Waals surface area contributed by atoms with Crippen molar-refractivity contribution in [3.63, 3.8) is 0 Å². The highest BCUT2D eigenvalue weighted by Gasteiger charge is 2.23. The molecule has 1 saturated heterocycles. The van der Waals surface area contributed by atoms with E-state index in [0.717, 1.165) is 29.7 Å². The quantitative estimate of drug-likeness (QED) is 0.690. The number of carbonyl (C=O) groups excluding carboxylic acids is 2. The molecule has 1 fully saturated rings. The van der Waals surface area contributed by atoms with Crippen molar-refractivity contribution >= 4 is 23.4 Å². The number of halogens is 1. The molecule has 0 spiro atoms. The lowest BCUT2D eigenvalue weighted by Gasteiger charge is -2.32. The van der Waals surface area contributed by atoms with Gasteiger partial charge in [-0.15, -0.1) is 0 Å². The number of nitrogens with one attached hydrogen (secondary N) is 1. The average Bonchev–Trinajstić information content (AvgIpc) is 2.75. The molecule has 0 radical (unpaired) electrons. The van der Waals surface area contributed by atoms with Gasteiger partial charge in [-0.05, 0) is 61.6 Å². The van der Waals surface area contributed by atoms with Gasteiger partial charge >= 0.3 is 0 Å². The minimum atomic E-state index is 0.0594. The van der Waals surface area contributed by atoms with E-state index in [1.807, 2.05) is 60.4 Å². The lowest BCUT2D eigenvalue weighted by atomic mass is 10.0. The molecule has 5 nitrogen and oxygen atoms in total. The zero-order valence-corrected chi connectivity index (χ0v) is 18.2. The maximum atomic E-state index is 12.6. The predicted molar refractivity (Wildman–Crippen MR) is 119 cm³/mol. The smallest absolute Gasteiger partial charge is 0.226 e. The zero-order valence-electron chi connectivity index (χ0n) is 17.4. The molecule has 2 aromatic rings. The Bertz CT molecular complexity index is 829. The zero-order chi connectivity index (χ0) is 21.3. The molecule has 0 aliphatic carbocycles. The van der Waals surface area contributed by atoms with E-state index < -0.39 is 0 Å². The number of nitrogens with zero attached hydrogens (tertiary/aromatic N) is 1. The second kappa shape index (κ2) is 11.0. The van der Waals surface area contributed by atoms with Gasteiger partial charge in [-0.3, -0.25) is 9.59 Å². The summed E-state index contributed by atoms with van der Waals surface area (Å²) in [5, 5.41) is 3.81. The van der Waals surface area contributed by atoms with Crippen LogP contribution in [0.4, 0.5) is 0 Å². The van der Waals surface area contributed by atoms with Crippen molar-refractivity contribution in [2.75, 3.05) is 19.7 Å². The molecule has 1 heterocycles. The van der Waals surface area contributed by atoms with Crippen LogP contribution in [0.15, 0.2) is 48.5 Å². The van der Waals surface area contributed by atoms with Crippen LogP contribution in [0.5, 0.6) is 5.75 Å². The van der Waals surface area contributed by atoms with E-state index in [9.17, 15) is 9.59 Å². The van der Waals surface area contributed by atoms with Crippen LogP contribution in [-0.4, -0.2) is 42.5 Å². The van der Waals surface area contributed by atoms with Crippen molar-refractivity contribution in [1.82, 2.24) is 10.2 Å². The molecule has 1 aliphatic heterocycles. The highest BCUT2D eigenvalue weighted by molar-refractivity contribution is 6.30. The van der Waals surface area contributed by atoms with E-state index in [-0.39, 0.29) is 17.9 Å². The Morgan fingerprint density at radius 3 is 2.30 bits per heavy atom. The van der Waals surface area contributed by atoms with Gasteiger partial charge in [0.2, 0.25) is 11.8 Å². The third-order valence-corrected chi connectivity index (χ3v) is 5.61. The number of hydrogen-bond donors (Lipinski definition) is 1.